The Morgan fingerprint density at radius 3 is 2.29 bits per heavy atom. The van der Waals surface area contributed by atoms with Crippen molar-refractivity contribution in [3.8, 4) is 0 Å². The second-order valence-corrected chi connectivity index (χ2v) is 9.11. The van der Waals surface area contributed by atoms with Gasteiger partial charge in [-0.15, -0.1) is 0 Å². The van der Waals surface area contributed by atoms with Crippen molar-refractivity contribution >= 4 is 41.2 Å². The number of aryl methyl sites for hydroxylation is 3. The number of urea groups is 1. The number of imide groups is 2. The number of hydrogen-bond donors (Lipinski definition) is 1. The topological polar surface area (TPSA) is 66.5 Å². The predicted octanol–water partition coefficient (Wildman–Crippen LogP) is 5.83. The minimum Gasteiger partial charge on any atom is -0.273 e. The molecule has 0 unspecified atom stereocenters. The maximum absolute atomic E-state index is 13.2. The second kappa shape index (κ2) is 9.27. The number of nitrogens with zero attached hydrogens (tertiary/aromatic N) is 1. The van der Waals surface area contributed by atoms with Gasteiger partial charge >= 0.3 is 6.03 Å². The van der Waals surface area contributed by atoms with Crippen molar-refractivity contribution in [1.29, 1.82) is 0 Å². The molecule has 0 spiro atoms. The van der Waals surface area contributed by atoms with Crippen LogP contribution in [0.1, 0.15) is 38.9 Å². The maximum Gasteiger partial charge on any atom is 0.335 e. The van der Waals surface area contributed by atoms with E-state index < -0.39 is 17.8 Å². The molecule has 0 aliphatic carbocycles. The fourth-order valence-electron chi connectivity index (χ4n) is 4.21. The van der Waals surface area contributed by atoms with Gasteiger partial charge in [-0.3, -0.25) is 14.9 Å². The minimum atomic E-state index is -0.761. The Hall–Kier alpha value is -3.70. The van der Waals surface area contributed by atoms with Crippen molar-refractivity contribution in [2.45, 2.75) is 34.1 Å². The molecule has 5 nitrogen and oxygen atoms in total. The molecule has 0 bridgehead atoms. The van der Waals surface area contributed by atoms with Crippen LogP contribution in [0.15, 0.2) is 60.2 Å². The van der Waals surface area contributed by atoms with Crippen LogP contribution in [-0.4, -0.2) is 17.8 Å². The van der Waals surface area contributed by atoms with Gasteiger partial charge in [-0.05, 0) is 80.1 Å². The summed E-state index contributed by atoms with van der Waals surface area (Å²) in [5.74, 6) is -1.40. The van der Waals surface area contributed by atoms with E-state index in [-0.39, 0.29) is 5.57 Å². The Kier molecular flexibility index (Phi) is 6.40. The number of halogens is 1. The molecule has 3 aromatic rings. The first-order valence-electron chi connectivity index (χ1n) is 11.0. The van der Waals surface area contributed by atoms with Gasteiger partial charge in [0.15, 0.2) is 0 Å². The van der Waals surface area contributed by atoms with Crippen LogP contribution in [0, 0.1) is 27.7 Å². The van der Waals surface area contributed by atoms with Gasteiger partial charge in [0.25, 0.3) is 11.8 Å². The number of carbonyl (C=O) groups is 3. The normalized spacial score (nSPS) is 15.1. The zero-order valence-electron chi connectivity index (χ0n) is 19.5. The largest absolute Gasteiger partial charge is 0.335 e. The van der Waals surface area contributed by atoms with Crippen molar-refractivity contribution in [2.75, 3.05) is 4.90 Å². The fourth-order valence-corrected chi connectivity index (χ4v) is 4.46. The summed E-state index contributed by atoms with van der Waals surface area (Å²) in [5, 5.41) is 2.81. The number of hydrogen-bond acceptors (Lipinski definition) is 3. The number of anilines is 1. The molecule has 1 aliphatic heterocycles. The standard InChI is InChI=1S/C28H25ClN2O3/c1-16-10-17(2)12-21(11-16)13-22-9-8-20(15-24(22)29)14-23-26(32)30-28(34)31(27(23)33)25-7-5-6-18(3)19(25)4/h5-12,14-15H,13H2,1-4H3,(H,30,32,34)/b23-14+. The third kappa shape index (κ3) is 4.66. The molecule has 1 N–H and O–H groups in total. The monoisotopic (exact) mass is 472 g/mol. The Bertz CT molecular complexity index is 1350. The smallest absolute Gasteiger partial charge is 0.273 e. The van der Waals surface area contributed by atoms with Crippen molar-refractivity contribution in [2.24, 2.45) is 0 Å². The lowest BCUT2D eigenvalue weighted by atomic mass is 9.99. The summed E-state index contributed by atoms with van der Waals surface area (Å²) in [6, 6.07) is 16.4. The molecule has 34 heavy (non-hydrogen) atoms. The third-order valence-corrected chi connectivity index (χ3v) is 6.33. The number of amides is 4. The second-order valence-electron chi connectivity index (χ2n) is 8.70. The Balaban J connectivity index is 1.65. The Morgan fingerprint density at radius 1 is 0.912 bits per heavy atom. The molecule has 1 saturated heterocycles. The molecular formula is C28H25ClN2O3. The molecule has 0 radical (unpaired) electrons. The van der Waals surface area contributed by atoms with Gasteiger partial charge in [-0.1, -0.05) is 65.2 Å². The highest BCUT2D eigenvalue weighted by Crippen LogP contribution is 2.28. The molecule has 0 atom stereocenters. The van der Waals surface area contributed by atoms with E-state index in [0.717, 1.165) is 27.2 Å². The highest BCUT2D eigenvalue weighted by Gasteiger charge is 2.37. The van der Waals surface area contributed by atoms with Gasteiger partial charge < -0.3 is 0 Å². The molecule has 172 valence electrons. The molecule has 4 amide bonds. The van der Waals surface area contributed by atoms with E-state index in [1.807, 2.05) is 32.0 Å². The highest BCUT2D eigenvalue weighted by molar-refractivity contribution is 6.39. The molecule has 6 heteroatoms. The van der Waals surface area contributed by atoms with Crippen LogP contribution in [0.2, 0.25) is 5.02 Å². The number of rotatable bonds is 4. The minimum absolute atomic E-state index is 0.126. The summed E-state index contributed by atoms with van der Waals surface area (Å²) in [6.07, 6.45) is 2.14. The number of benzene rings is 3. The van der Waals surface area contributed by atoms with E-state index in [1.165, 1.54) is 17.2 Å². The van der Waals surface area contributed by atoms with Crippen molar-refractivity contribution in [3.63, 3.8) is 0 Å². The van der Waals surface area contributed by atoms with Crippen LogP contribution < -0.4 is 10.2 Å². The van der Waals surface area contributed by atoms with E-state index in [4.69, 9.17) is 11.6 Å². The molecule has 1 heterocycles. The molecule has 0 aromatic heterocycles. The first-order chi connectivity index (χ1) is 16.1. The number of carbonyl (C=O) groups excluding carboxylic acids is 3. The van der Waals surface area contributed by atoms with Crippen molar-refractivity contribution < 1.29 is 14.4 Å². The van der Waals surface area contributed by atoms with Crippen molar-refractivity contribution in [1.82, 2.24) is 5.32 Å². The molecule has 0 saturated carbocycles. The lowest BCUT2D eigenvalue weighted by Crippen LogP contribution is -2.54. The van der Waals surface area contributed by atoms with Crippen LogP contribution in [0.4, 0.5) is 10.5 Å². The van der Waals surface area contributed by atoms with E-state index in [1.54, 1.807) is 18.2 Å². The van der Waals surface area contributed by atoms with Crippen LogP contribution in [-0.2, 0) is 16.0 Å². The fraction of sp³-hybridized carbons (Fsp3) is 0.179. The summed E-state index contributed by atoms with van der Waals surface area (Å²) in [5.41, 5.74) is 7.14. The van der Waals surface area contributed by atoms with Crippen LogP contribution in [0.25, 0.3) is 6.08 Å². The summed E-state index contributed by atoms with van der Waals surface area (Å²) < 4.78 is 0. The van der Waals surface area contributed by atoms with E-state index in [0.29, 0.717) is 22.7 Å². The van der Waals surface area contributed by atoms with Crippen LogP contribution in [0.5, 0.6) is 0 Å². The first-order valence-corrected chi connectivity index (χ1v) is 11.3. The number of barbiturate groups is 1. The lowest BCUT2D eigenvalue weighted by molar-refractivity contribution is -0.122. The van der Waals surface area contributed by atoms with Crippen molar-refractivity contribution in [3.05, 3.63) is 104 Å². The zero-order chi connectivity index (χ0) is 24.6. The quantitative estimate of drug-likeness (QED) is 0.383. The average molecular weight is 473 g/mol. The summed E-state index contributed by atoms with van der Waals surface area (Å²) in [7, 11) is 0. The number of nitrogens with one attached hydrogen (secondary N) is 1. The van der Waals surface area contributed by atoms with Gasteiger partial charge in [0.05, 0.1) is 5.69 Å². The zero-order valence-corrected chi connectivity index (χ0v) is 20.3. The average Bonchev–Trinajstić information content (AvgIpc) is 2.75. The van der Waals surface area contributed by atoms with Gasteiger partial charge in [0.1, 0.15) is 5.57 Å². The molecule has 1 aliphatic rings. The Labute approximate surface area is 204 Å². The first kappa shape index (κ1) is 23.5. The van der Waals surface area contributed by atoms with Gasteiger partial charge in [-0.2, -0.15) is 0 Å². The van der Waals surface area contributed by atoms with Gasteiger partial charge in [-0.25, -0.2) is 9.69 Å². The van der Waals surface area contributed by atoms with E-state index in [2.05, 4.69) is 37.4 Å². The SMILES string of the molecule is Cc1cc(C)cc(Cc2ccc(/C=C3\C(=O)NC(=O)N(c4cccc(C)c4C)C3=O)cc2Cl)c1. The molecular weight excluding hydrogens is 448 g/mol. The van der Waals surface area contributed by atoms with E-state index in [9.17, 15) is 14.4 Å². The maximum atomic E-state index is 13.2. The molecule has 4 rings (SSSR count). The summed E-state index contributed by atoms with van der Waals surface area (Å²) in [4.78, 5) is 39.3. The third-order valence-electron chi connectivity index (χ3n) is 5.98. The predicted molar refractivity (Wildman–Crippen MR) is 135 cm³/mol. The molecule has 1 fully saturated rings. The Morgan fingerprint density at radius 2 is 1.62 bits per heavy atom. The van der Waals surface area contributed by atoms with E-state index >= 15 is 0 Å². The summed E-state index contributed by atoms with van der Waals surface area (Å²) >= 11 is 6.56. The van der Waals surface area contributed by atoms with Crippen LogP contribution in [0.3, 0.4) is 0 Å². The van der Waals surface area contributed by atoms with Gasteiger partial charge in [0.2, 0.25) is 0 Å². The molecule has 3 aromatic carbocycles. The van der Waals surface area contributed by atoms with Gasteiger partial charge in [0, 0.05) is 5.02 Å². The summed E-state index contributed by atoms with van der Waals surface area (Å²) in [6.45, 7) is 7.85. The highest BCUT2D eigenvalue weighted by atomic mass is 35.5. The lowest BCUT2D eigenvalue weighted by Gasteiger charge is -2.28. The van der Waals surface area contributed by atoms with Crippen LogP contribution >= 0.6 is 11.6 Å².